The van der Waals surface area contributed by atoms with E-state index in [1.807, 2.05) is 0 Å². The average Bonchev–Trinajstić information content (AvgIpc) is 2.53. The fourth-order valence-corrected chi connectivity index (χ4v) is 3.96. The van der Waals surface area contributed by atoms with Gasteiger partial charge in [-0.15, -0.1) is 0 Å². The van der Waals surface area contributed by atoms with Crippen molar-refractivity contribution in [2.45, 2.75) is 46.1 Å². The molecule has 1 aliphatic rings. The zero-order chi connectivity index (χ0) is 17.9. The van der Waals surface area contributed by atoms with Gasteiger partial charge in [0, 0.05) is 13.0 Å². The number of aliphatic hydroxyl groups excluding tert-OH is 1. The van der Waals surface area contributed by atoms with Crippen LogP contribution in [0, 0.1) is 23.7 Å². The van der Waals surface area contributed by atoms with E-state index < -0.39 is 6.10 Å². The Kier molecular flexibility index (Phi) is 6.27. The third-order valence-electron chi connectivity index (χ3n) is 5.42. The molecular formula is C20H31NO3. The summed E-state index contributed by atoms with van der Waals surface area (Å²) in [6, 6.07) is 6.58. The van der Waals surface area contributed by atoms with E-state index in [1.54, 1.807) is 36.2 Å². The van der Waals surface area contributed by atoms with Crippen LogP contribution in [0.2, 0.25) is 0 Å². The molecule has 0 saturated heterocycles. The Morgan fingerprint density at radius 1 is 1.33 bits per heavy atom. The van der Waals surface area contributed by atoms with Crippen LogP contribution in [0.15, 0.2) is 24.3 Å². The Morgan fingerprint density at radius 3 is 2.67 bits per heavy atom. The molecule has 0 aromatic heterocycles. The summed E-state index contributed by atoms with van der Waals surface area (Å²) in [5.41, 5.74) is 0.632. The Labute approximate surface area is 145 Å². The molecular weight excluding hydrogens is 302 g/mol. The summed E-state index contributed by atoms with van der Waals surface area (Å²) in [6.45, 7) is 6.86. The van der Waals surface area contributed by atoms with Gasteiger partial charge in [0.2, 0.25) is 5.91 Å². The van der Waals surface area contributed by atoms with Crippen LogP contribution >= 0.6 is 0 Å². The molecule has 134 valence electrons. The number of hydrogen-bond acceptors (Lipinski definition) is 3. The highest BCUT2D eigenvalue weighted by molar-refractivity contribution is 5.79. The topological polar surface area (TPSA) is 60.8 Å². The predicted octanol–water partition coefficient (Wildman–Crippen LogP) is 3.59. The minimum absolute atomic E-state index is 0.0510. The van der Waals surface area contributed by atoms with Crippen LogP contribution in [0.3, 0.4) is 0 Å². The zero-order valence-corrected chi connectivity index (χ0v) is 15.3. The molecule has 0 spiro atoms. The van der Waals surface area contributed by atoms with Gasteiger partial charge in [-0.25, -0.2) is 0 Å². The second-order valence-corrected chi connectivity index (χ2v) is 7.76. The first-order valence-corrected chi connectivity index (χ1v) is 9.01. The van der Waals surface area contributed by atoms with E-state index >= 15 is 0 Å². The average molecular weight is 333 g/mol. The smallest absolute Gasteiger partial charge is 0.225 e. The summed E-state index contributed by atoms with van der Waals surface area (Å²) in [6.07, 6.45) is 2.46. The highest BCUT2D eigenvalue weighted by atomic mass is 16.3. The lowest BCUT2D eigenvalue weighted by Crippen LogP contribution is -2.42. The largest absolute Gasteiger partial charge is 0.508 e. The third-order valence-corrected chi connectivity index (χ3v) is 5.42. The van der Waals surface area contributed by atoms with Gasteiger partial charge in [0.05, 0.1) is 12.6 Å². The van der Waals surface area contributed by atoms with Crippen LogP contribution in [-0.4, -0.2) is 34.6 Å². The van der Waals surface area contributed by atoms with Gasteiger partial charge in [-0.1, -0.05) is 39.3 Å². The van der Waals surface area contributed by atoms with E-state index in [0.29, 0.717) is 23.3 Å². The number of phenolic OH excluding ortho intramolecular Hbond substituents is 1. The van der Waals surface area contributed by atoms with Gasteiger partial charge in [0.15, 0.2) is 0 Å². The van der Waals surface area contributed by atoms with Gasteiger partial charge in [0.25, 0.3) is 0 Å². The predicted molar refractivity (Wildman–Crippen MR) is 95.5 cm³/mol. The number of aromatic hydroxyl groups is 1. The normalized spacial score (nSPS) is 25.5. The number of carbonyl (C=O) groups excluding carboxylic acids is 1. The van der Waals surface area contributed by atoms with Crippen molar-refractivity contribution in [3.63, 3.8) is 0 Å². The lowest BCUT2D eigenvalue weighted by atomic mass is 9.69. The molecule has 1 saturated carbocycles. The molecule has 4 unspecified atom stereocenters. The second kappa shape index (κ2) is 8.02. The summed E-state index contributed by atoms with van der Waals surface area (Å²) in [5.74, 6) is 1.82. The number of aliphatic hydroxyl groups is 1. The van der Waals surface area contributed by atoms with Gasteiger partial charge in [0.1, 0.15) is 5.75 Å². The van der Waals surface area contributed by atoms with Gasteiger partial charge in [-0.2, -0.15) is 0 Å². The molecule has 4 heteroatoms. The molecule has 24 heavy (non-hydrogen) atoms. The van der Waals surface area contributed by atoms with Crippen LogP contribution in [0.25, 0.3) is 0 Å². The Bertz CT molecular complexity index is 558. The third kappa shape index (κ3) is 4.50. The van der Waals surface area contributed by atoms with Gasteiger partial charge < -0.3 is 15.1 Å². The Balaban J connectivity index is 2.04. The monoisotopic (exact) mass is 333 g/mol. The van der Waals surface area contributed by atoms with Crippen LogP contribution in [0.4, 0.5) is 0 Å². The lowest BCUT2D eigenvalue weighted by molar-refractivity contribution is -0.140. The number of hydrogen-bond donors (Lipinski definition) is 2. The Hall–Kier alpha value is -1.55. The SMILES string of the molecule is CC1CCC(C(C)C)C(C(=O)N(C)CC(O)c2cccc(O)c2)C1. The molecule has 4 atom stereocenters. The van der Waals surface area contributed by atoms with Crippen molar-refractivity contribution in [1.82, 2.24) is 4.90 Å². The van der Waals surface area contributed by atoms with E-state index in [0.717, 1.165) is 12.8 Å². The van der Waals surface area contributed by atoms with Crippen LogP contribution in [0.1, 0.15) is 51.7 Å². The van der Waals surface area contributed by atoms with Crippen molar-refractivity contribution in [2.75, 3.05) is 13.6 Å². The van der Waals surface area contributed by atoms with Gasteiger partial charge in [-0.05, 0) is 48.3 Å². The minimum Gasteiger partial charge on any atom is -0.508 e. The molecule has 1 aliphatic carbocycles. The maximum atomic E-state index is 13.0. The molecule has 1 aromatic rings. The second-order valence-electron chi connectivity index (χ2n) is 7.76. The van der Waals surface area contributed by atoms with Gasteiger partial charge in [-0.3, -0.25) is 4.79 Å². The molecule has 0 heterocycles. The van der Waals surface area contributed by atoms with E-state index in [4.69, 9.17) is 0 Å². The number of nitrogens with zero attached hydrogens (tertiary/aromatic N) is 1. The highest BCUT2D eigenvalue weighted by Gasteiger charge is 2.37. The number of benzene rings is 1. The first-order valence-electron chi connectivity index (χ1n) is 9.01. The fraction of sp³-hybridized carbons (Fsp3) is 0.650. The maximum absolute atomic E-state index is 13.0. The molecule has 0 bridgehead atoms. The van der Waals surface area contributed by atoms with Gasteiger partial charge >= 0.3 is 0 Å². The van der Waals surface area contributed by atoms with Crippen molar-refractivity contribution in [2.24, 2.45) is 23.7 Å². The number of amides is 1. The zero-order valence-electron chi connectivity index (χ0n) is 15.3. The lowest BCUT2D eigenvalue weighted by Gasteiger charge is -2.38. The molecule has 1 fully saturated rings. The van der Waals surface area contributed by atoms with Crippen molar-refractivity contribution >= 4 is 5.91 Å². The number of phenols is 1. The van der Waals surface area contributed by atoms with Crippen molar-refractivity contribution in [3.05, 3.63) is 29.8 Å². The first kappa shape index (κ1) is 18.8. The molecule has 2 N–H and O–H groups in total. The summed E-state index contributed by atoms with van der Waals surface area (Å²) in [5, 5.41) is 19.9. The van der Waals surface area contributed by atoms with E-state index in [-0.39, 0.29) is 24.1 Å². The summed E-state index contributed by atoms with van der Waals surface area (Å²) in [7, 11) is 1.77. The number of likely N-dealkylation sites (N-methyl/N-ethyl adjacent to an activating group) is 1. The maximum Gasteiger partial charge on any atom is 0.225 e. The number of rotatable bonds is 5. The molecule has 1 amide bonds. The summed E-state index contributed by atoms with van der Waals surface area (Å²) >= 11 is 0. The van der Waals surface area contributed by atoms with E-state index in [9.17, 15) is 15.0 Å². The van der Waals surface area contributed by atoms with E-state index in [1.165, 1.54) is 6.42 Å². The molecule has 1 aromatic carbocycles. The number of carbonyl (C=O) groups is 1. The molecule has 4 nitrogen and oxygen atoms in total. The standard InChI is InChI=1S/C20H31NO3/c1-13(2)17-9-8-14(3)10-18(17)20(24)21(4)12-19(23)15-6-5-7-16(22)11-15/h5-7,11,13-14,17-19,22-23H,8-10,12H2,1-4H3. The van der Waals surface area contributed by atoms with Crippen LogP contribution in [-0.2, 0) is 4.79 Å². The fourth-order valence-electron chi connectivity index (χ4n) is 3.96. The molecule has 0 aliphatic heterocycles. The van der Waals surface area contributed by atoms with Crippen molar-refractivity contribution in [1.29, 1.82) is 0 Å². The molecule has 0 radical (unpaired) electrons. The quantitative estimate of drug-likeness (QED) is 0.865. The van der Waals surface area contributed by atoms with Crippen LogP contribution in [0.5, 0.6) is 5.75 Å². The Morgan fingerprint density at radius 2 is 2.04 bits per heavy atom. The van der Waals surface area contributed by atoms with Crippen molar-refractivity contribution < 1.29 is 15.0 Å². The summed E-state index contributed by atoms with van der Waals surface area (Å²) in [4.78, 5) is 14.6. The summed E-state index contributed by atoms with van der Waals surface area (Å²) < 4.78 is 0. The highest BCUT2D eigenvalue weighted by Crippen LogP contribution is 2.39. The minimum atomic E-state index is -0.787. The molecule has 2 rings (SSSR count). The first-order chi connectivity index (χ1) is 11.3. The van der Waals surface area contributed by atoms with Crippen molar-refractivity contribution in [3.8, 4) is 5.75 Å². The van der Waals surface area contributed by atoms with E-state index in [2.05, 4.69) is 20.8 Å². The van der Waals surface area contributed by atoms with Crippen LogP contribution < -0.4 is 0 Å².